The van der Waals surface area contributed by atoms with Crippen LogP contribution in [0.15, 0.2) is 12.3 Å². The van der Waals surface area contributed by atoms with E-state index >= 15 is 0 Å². The molecular formula is C14H33N. The van der Waals surface area contributed by atoms with E-state index < -0.39 is 0 Å². The van der Waals surface area contributed by atoms with E-state index in [1.54, 1.807) is 6.92 Å². The SMILES string of the molecule is C=C(C)N.CC.CCCC(CC)CCC. The van der Waals surface area contributed by atoms with Crippen LogP contribution in [-0.4, -0.2) is 0 Å². The molecule has 0 aliphatic carbocycles. The minimum absolute atomic E-state index is 0.667. The molecule has 0 atom stereocenters. The van der Waals surface area contributed by atoms with E-state index in [4.69, 9.17) is 5.73 Å². The Bertz CT molecular complexity index is 97.9. The topological polar surface area (TPSA) is 26.0 Å². The molecule has 0 rings (SSSR count). The van der Waals surface area contributed by atoms with Crippen molar-refractivity contribution in [3.8, 4) is 0 Å². The van der Waals surface area contributed by atoms with Crippen molar-refractivity contribution in [3.05, 3.63) is 12.3 Å². The number of hydrogen-bond acceptors (Lipinski definition) is 1. The summed E-state index contributed by atoms with van der Waals surface area (Å²) in [5, 5.41) is 0. The van der Waals surface area contributed by atoms with Gasteiger partial charge in [0.15, 0.2) is 0 Å². The smallest absolute Gasteiger partial charge is 0.00242 e. The van der Waals surface area contributed by atoms with Gasteiger partial charge in [0, 0.05) is 0 Å². The first kappa shape index (κ1) is 20.0. The van der Waals surface area contributed by atoms with E-state index in [1.807, 2.05) is 13.8 Å². The Balaban J connectivity index is -0.000000202. The molecule has 94 valence electrons. The zero-order chi connectivity index (χ0) is 12.7. The van der Waals surface area contributed by atoms with Crippen LogP contribution in [0.4, 0.5) is 0 Å². The molecule has 0 aliphatic rings. The highest BCUT2D eigenvalue weighted by Crippen LogP contribution is 2.16. The Labute approximate surface area is 98.1 Å². The lowest BCUT2D eigenvalue weighted by atomic mass is 9.96. The highest BCUT2D eigenvalue weighted by Gasteiger charge is 2.01. The second-order valence-corrected chi connectivity index (χ2v) is 3.70. The van der Waals surface area contributed by atoms with Gasteiger partial charge in [-0.05, 0) is 18.5 Å². The van der Waals surface area contributed by atoms with Gasteiger partial charge in [-0.15, -0.1) is 0 Å². The highest BCUT2D eigenvalue weighted by atomic mass is 14.5. The summed E-state index contributed by atoms with van der Waals surface area (Å²) in [7, 11) is 0. The lowest BCUT2D eigenvalue weighted by molar-refractivity contribution is 0.427. The highest BCUT2D eigenvalue weighted by molar-refractivity contribution is 4.76. The third-order valence-corrected chi connectivity index (χ3v) is 1.97. The first-order valence-electron chi connectivity index (χ1n) is 6.49. The predicted octanol–water partition coefficient (Wildman–Crippen LogP) is 5.12. The molecule has 0 aromatic carbocycles. The molecule has 0 saturated heterocycles. The van der Waals surface area contributed by atoms with Gasteiger partial charge in [0.25, 0.3) is 0 Å². The Morgan fingerprint density at radius 3 is 1.47 bits per heavy atom. The zero-order valence-electron chi connectivity index (χ0n) is 11.9. The molecule has 0 fully saturated rings. The minimum Gasteiger partial charge on any atom is -0.403 e. The van der Waals surface area contributed by atoms with Crippen LogP contribution >= 0.6 is 0 Å². The van der Waals surface area contributed by atoms with Crippen molar-refractivity contribution in [2.75, 3.05) is 0 Å². The van der Waals surface area contributed by atoms with E-state index in [2.05, 4.69) is 27.4 Å². The largest absolute Gasteiger partial charge is 0.403 e. The van der Waals surface area contributed by atoms with Crippen molar-refractivity contribution in [1.82, 2.24) is 0 Å². The quantitative estimate of drug-likeness (QED) is 0.677. The molecule has 0 saturated carbocycles. The molecule has 0 unspecified atom stereocenters. The molecule has 0 aromatic rings. The lowest BCUT2D eigenvalue weighted by Crippen LogP contribution is -1.96. The molecule has 1 heteroatoms. The number of allylic oxidation sites excluding steroid dienone is 1. The summed E-state index contributed by atoms with van der Waals surface area (Å²) in [5.74, 6) is 1.01. The summed E-state index contributed by atoms with van der Waals surface area (Å²) in [6.45, 7) is 15.9. The number of rotatable bonds is 5. The lowest BCUT2D eigenvalue weighted by Gasteiger charge is -2.10. The van der Waals surface area contributed by atoms with E-state index in [9.17, 15) is 0 Å². The van der Waals surface area contributed by atoms with Crippen molar-refractivity contribution in [1.29, 1.82) is 0 Å². The van der Waals surface area contributed by atoms with Gasteiger partial charge in [-0.3, -0.25) is 0 Å². The zero-order valence-corrected chi connectivity index (χ0v) is 11.9. The Morgan fingerprint density at radius 2 is 1.33 bits per heavy atom. The average molecular weight is 215 g/mol. The van der Waals surface area contributed by atoms with Crippen LogP contribution in [0.5, 0.6) is 0 Å². The maximum Gasteiger partial charge on any atom is -0.00242 e. The Hall–Kier alpha value is -0.460. The summed E-state index contributed by atoms with van der Waals surface area (Å²) in [4.78, 5) is 0. The first-order chi connectivity index (χ1) is 7.08. The number of nitrogens with two attached hydrogens (primary N) is 1. The minimum atomic E-state index is 0.667. The van der Waals surface area contributed by atoms with Gasteiger partial charge < -0.3 is 5.73 Å². The molecule has 0 aromatic heterocycles. The fourth-order valence-electron chi connectivity index (χ4n) is 1.37. The van der Waals surface area contributed by atoms with Gasteiger partial charge in [0.05, 0.1) is 0 Å². The van der Waals surface area contributed by atoms with E-state index in [-0.39, 0.29) is 0 Å². The van der Waals surface area contributed by atoms with Crippen LogP contribution in [0.3, 0.4) is 0 Å². The summed E-state index contributed by atoms with van der Waals surface area (Å²) in [5.41, 5.74) is 5.58. The van der Waals surface area contributed by atoms with Gasteiger partial charge in [-0.1, -0.05) is 73.3 Å². The third-order valence-electron chi connectivity index (χ3n) is 1.97. The molecule has 0 heterocycles. The van der Waals surface area contributed by atoms with Crippen molar-refractivity contribution in [2.45, 2.75) is 73.6 Å². The molecule has 0 bridgehead atoms. The second-order valence-electron chi connectivity index (χ2n) is 3.70. The molecule has 0 amide bonds. The molecule has 2 N–H and O–H groups in total. The second kappa shape index (κ2) is 19.2. The maximum atomic E-state index is 4.92. The fourth-order valence-corrected chi connectivity index (χ4v) is 1.37. The molecule has 15 heavy (non-hydrogen) atoms. The van der Waals surface area contributed by atoms with Crippen molar-refractivity contribution in [2.24, 2.45) is 11.7 Å². The Kier molecular flexibility index (Phi) is 25.6. The summed E-state index contributed by atoms with van der Waals surface area (Å²) < 4.78 is 0. The van der Waals surface area contributed by atoms with E-state index in [0.29, 0.717) is 5.70 Å². The van der Waals surface area contributed by atoms with Gasteiger partial charge >= 0.3 is 0 Å². The summed E-state index contributed by atoms with van der Waals surface area (Å²) in [6, 6.07) is 0. The molecule has 0 spiro atoms. The molecule has 0 radical (unpaired) electrons. The van der Waals surface area contributed by atoms with Gasteiger partial charge in [-0.25, -0.2) is 0 Å². The monoisotopic (exact) mass is 215 g/mol. The Morgan fingerprint density at radius 1 is 1.07 bits per heavy atom. The van der Waals surface area contributed by atoms with Crippen LogP contribution in [0.1, 0.15) is 73.6 Å². The van der Waals surface area contributed by atoms with Gasteiger partial charge in [0.1, 0.15) is 0 Å². The predicted molar refractivity (Wildman–Crippen MR) is 73.9 cm³/mol. The van der Waals surface area contributed by atoms with E-state index in [1.165, 1.54) is 32.1 Å². The molecule has 1 nitrogen and oxygen atoms in total. The van der Waals surface area contributed by atoms with Crippen LogP contribution in [-0.2, 0) is 0 Å². The summed E-state index contributed by atoms with van der Waals surface area (Å²) >= 11 is 0. The normalized spacial score (nSPS) is 8.47. The van der Waals surface area contributed by atoms with Crippen LogP contribution in [0.25, 0.3) is 0 Å². The van der Waals surface area contributed by atoms with Gasteiger partial charge in [-0.2, -0.15) is 0 Å². The van der Waals surface area contributed by atoms with Gasteiger partial charge in [0.2, 0.25) is 0 Å². The van der Waals surface area contributed by atoms with Crippen LogP contribution in [0.2, 0.25) is 0 Å². The van der Waals surface area contributed by atoms with Crippen LogP contribution in [0, 0.1) is 5.92 Å². The first-order valence-corrected chi connectivity index (χ1v) is 6.49. The molecular weight excluding hydrogens is 182 g/mol. The molecule has 0 aliphatic heterocycles. The standard InChI is InChI=1S/C9H20.C3H7N.C2H6/c1-4-7-9(6-3)8-5-2;1-3(2)4;1-2/h9H,4-8H2,1-3H3;1,4H2,2H3;1-2H3. The maximum absolute atomic E-state index is 4.92. The van der Waals surface area contributed by atoms with Crippen molar-refractivity contribution >= 4 is 0 Å². The van der Waals surface area contributed by atoms with Crippen LogP contribution < -0.4 is 5.73 Å². The number of hydrogen-bond donors (Lipinski definition) is 1. The average Bonchev–Trinajstić information content (AvgIpc) is 2.20. The summed E-state index contributed by atoms with van der Waals surface area (Å²) in [6.07, 6.45) is 6.97. The third kappa shape index (κ3) is 31.7. The van der Waals surface area contributed by atoms with Crippen molar-refractivity contribution in [3.63, 3.8) is 0 Å². The fraction of sp³-hybridized carbons (Fsp3) is 0.857. The van der Waals surface area contributed by atoms with E-state index in [0.717, 1.165) is 5.92 Å². The van der Waals surface area contributed by atoms with Crippen molar-refractivity contribution < 1.29 is 0 Å².